The third-order valence-corrected chi connectivity index (χ3v) is 6.53. The van der Waals surface area contributed by atoms with Crippen molar-refractivity contribution in [2.24, 2.45) is 0 Å². The van der Waals surface area contributed by atoms with Gasteiger partial charge in [-0.1, -0.05) is 5.21 Å². The molecule has 0 radical (unpaired) electrons. The van der Waals surface area contributed by atoms with Crippen LogP contribution in [0.25, 0.3) is 6.08 Å². The Labute approximate surface area is 153 Å². The van der Waals surface area contributed by atoms with Crippen molar-refractivity contribution in [3.8, 4) is 0 Å². The zero-order valence-electron chi connectivity index (χ0n) is 15.6. The zero-order chi connectivity index (χ0) is 19.3. The molecule has 2 aliphatic rings. The monoisotopic (exact) mass is 386 g/mol. The summed E-state index contributed by atoms with van der Waals surface area (Å²) in [5.41, 5.74) is -1.51. The molecule has 3 heterocycles. The molecule has 11 heteroatoms. The number of hydrogen-bond acceptors (Lipinski definition) is 6. The van der Waals surface area contributed by atoms with Crippen molar-refractivity contribution in [3.05, 3.63) is 17.6 Å². The number of rotatable bonds is 4. The second-order valence-corrected chi connectivity index (χ2v) is 9.79. The Morgan fingerprint density at radius 1 is 1.35 bits per heavy atom. The van der Waals surface area contributed by atoms with Gasteiger partial charge in [0.2, 0.25) is 10.0 Å². The summed E-state index contributed by atoms with van der Waals surface area (Å²) in [5.74, 6) is 0. The second-order valence-electron chi connectivity index (χ2n) is 7.80. The summed E-state index contributed by atoms with van der Waals surface area (Å²) in [4.78, 5) is 0. The van der Waals surface area contributed by atoms with Gasteiger partial charge in [-0.15, -0.1) is 5.10 Å². The molecule has 0 spiro atoms. The maximum Gasteiger partial charge on any atom is 0.525 e. The van der Waals surface area contributed by atoms with Crippen molar-refractivity contribution < 1.29 is 22.1 Å². The normalized spacial score (nSPS) is 26.6. The fourth-order valence-corrected chi connectivity index (χ4v) is 3.81. The van der Waals surface area contributed by atoms with Gasteiger partial charge in [-0.05, 0) is 40.2 Å². The van der Waals surface area contributed by atoms with Crippen LogP contribution in [-0.2, 0) is 19.3 Å². The van der Waals surface area contributed by atoms with Crippen molar-refractivity contribution in [3.63, 3.8) is 0 Å². The summed E-state index contributed by atoms with van der Waals surface area (Å²) in [6.07, 6.45) is 4.65. The van der Waals surface area contributed by atoms with E-state index in [-0.39, 0.29) is 6.04 Å². The molecular weight excluding hydrogens is 362 g/mol. The first kappa shape index (κ1) is 19.5. The van der Waals surface area contributed by atoms with E-state index in [4.69, 9.17) is 9.31 Å². The highest BCUT2D eigenvalue weighted by atomic mass is 32.2. The predicted molar refractivity (Wildman–Crippen MR) is 95.3 cm³/mol. The zero-order valence-corrected chi connectivity index (χ0v) is 16.5. The minimum absolute atomic E-state index is 0.112. The third kappa shape index (κ3) is 3.71. The number of hydrogen-bond donors (Lipinski definition) is 0. The van der Waals surface area contributed by atoms with Gasteiger partial charge < -0.3 is 9.31 Å². The fourth-order valence-electron chi connectivity index (χ4n) is 2.93. The lowest BCUT2D eigenvalue weighted by Gasteiger charge is -2.32. The number of halogens is 1. The fraction of sp³-hybridized carbons (Fsp3) is 0.733. The van der Waals surface area contributed by atoms with E-state index in [1.54, 1.807) is 10.9 Å². The average Bonchev–Trinajstić information content (AvgIpc) is 3.16. The molecule has 2 saturated heterocycles. The van der Waals surface area contributed by atoms with Gasteiger partial charge in [-0.2, -0.15) is 4.31 Å². The molecule has 2 fully saturated rings. The molecule has 0 aliphatic carbocycles. The van der Waals surface area contributed by atoms with Gasteiger partial charge >= 0.3 is 7.12 Å². The number of sulfonamides is 1. The molecule has 0 amide bonds. The quantitative estimate of drug-likeness (QED) is 0.728. The van der Waals surface area contributed by atoms with E-state index in [2.05, 4.69) is 10.3 Å². The van der Waals surface area contributed by atoms with Gasteiger partial charge in [0.05, 0.1) is 29.7 Å². The van der Waals surface area contributed by atoms with E-state index in [1.807, 2.05) is 27.7 Å². The Morgan fingerprint density at radius 2 is 1.96 bits per heavy atom. The van der Waals surface area contributed by atoms with Gasteiger partial charge in [-0.25, -0.2) is 17.5 Å². The lowest BCUT2D eigenvalue weighted by molar-refractivity contribution is 0.00578. The summed E-state index contributed by atoms with van der Waals surface area (Å²) in [5, 5.41) is 7.95. The summed E-state index contributed by atoms with van der Waals surface area (Å²) in [6.45, 7) is 8.19. The highest BCUT2D eigenvalue weighted by Gasteiger charge is 2.53. The predicted octanol–water partition coefficient (Wildman–Crippen LogP) is 1.43. The van der Waals surface area contributed by atoms with Crippen molar-refractivity contribution in [2.45, 2.75) is 51.4 Å². The van der Waals surface area contributed by atoms with Gasteiger partial charge in [0.1, 0.15) is 11.4 Å². The molecule has 1 aromatic heterocycles. The third-order valence-electron chi connectivity index (χ3n) is 5.26. The van der Waals surface area contributed by atoms with E-state index in [1.165, 1.54) is 16.6 Å². The van der Waals surface area contributed by atoms with Gasteiger partial charge in [-0.3, -0.25) is 0 Å². The highest BCUT2D eigenvalue weighted by molar-refractivity contribution is 7.88. The van der Waals surface area contributed by atoms with Crippen LogP contribution in [0.2, 0.25) is 0 Å². The molecule has 144 valence electrons. The lowest BCUT2D eigenvalue weighted by Crippen LogP contribution is -2.41. The first-order chi connectivity index (χ1) is 11.9. The van der Waals surface area contributed by atoms with Crippen LogP contribution in [0.4, 0.5) is 4.39 Å². The van der Waals surface area contributed by atoms with Gasteiger partial charge in [0, 0.05) is 13.1 Å². The summed E-state index contributed by atoms with van der Waals surface area (Å²) >= 11 is 0. The smallest absolute Gasteiger partial charge is 0.398 e. The Morgan fingerprint density at radius 3 is 2.50 bits per heavy atom. The minimum atomic E-state index is -3.22. The minimum Gasteiger partial charge on any atom is -0.398 e. The number of nitrogens with zero attached hydrogens (tertiary/aromatic N) is 4. The van der Waals surface area contributed by atoms with Gasteiger partial charge in [0.25, 0.3) is 0 Å². The molecule has 8 nitrogen and oxygen atoms in total. The molecule has 1 unspecified atom stereocenters. The largest absolute Gasteiger partial charge is 0.525 e. The van der Waals surface area contributed by atoms with Crippen LogP contribution in [0.5, 0.6) is 0 Å². The van der Waals surface area contributed by atoms with E-state index < -0.39 is 34.1 Å². The van der Waals surface area contributed by atoms with Crippen molar-refractivity contribution >= 4 is 23.2 Å². The molecule has 0 saturated carbocycles. The molecule has 2 aliphatic heterocycles. The van der Waals surface area contributed by atoms with Crippen LogP contribution in [0, 0.1) is 0 Å². The van der Waals surface area contributed by atoms with Crippen LogP contribution in [0.15, 0.2) is 11.9 Å². The second kappa shape index (κ2) is 6.40. The first-order valence-electron chi connectivity index (χ1n) is 8.49. The Hall–Kier alpha value is -1.30. The topological polar surface area (TPSA) is 86.6 Å². The molecule has 0 N–H and O–H groups in total. The maximum atomic E-state index is 14.5. The van der Waals surface area contributed by atoms with Crippen molar-refractivity contribution in [1.29, 1.82) is 0 Å². The lowest BCUT2D eigenvalue weighted by atomic mass is 9.87. The molecular formula is C15H24BFN4O4S. The number of aromatic nitrogens is 3. The SMILES string of the molecule is CC1(C)OB(C(F)=Cc2cn(C3CCN(S(C)(=O)=O)C3)nn2)OC1(C)C. The molecule has 0 bridgehead atoms. The first-order valence-corrected chi connectivity index (χ1v) is 10.3. The molecule has 0 aromatic carbocycles. The Kier molecular flexibility index (Phi) is 4.79. The molecule has 3 rings (SSSR count). The maximum absolute atomic E-state index is 14.5. The van der Waals surface area contributed by atoms with Crippen LogP contribution < -0.4 is 0 Å². The van der Waals surface area contributed by atoms with Crippen LogP contribution in [-0.4, -0.2) is 65.4 Å². The molecule has 26 heavy (non-hydrogen) atoms. The van der Waals surface area contributed by atoms with E-state index in [9.17, 15) is 12.8 Å². The van der Waals surface area contributed by atoms with Crippen LogP contribution in [0.3, 0.4) is 0 Å². The highest BCUT2D eigenvalue weighted by Crippen LogP contribution is 2.39. The van der Waals surface area contributed by atoms with Gasteiger partial charge in [0.15, 0.2) is 0 Å². The van der Waals surface area contributed by atoms with E-state index >= 15 is 0 Å². The Bertz CT molecular complexity index is 807. The van der Waals surface area contributed by atoms with E-state index in [0.29, 0.717) is 25.2 Å². The average molecular weight is 386 g/mol. The van der Waals surface area contributed by atoms with E-state index in [0.717, 1.165) is 0 Å². The van der Waals surface area contributed by atoms with Crippen LogP contribution in [0.1, 0.15) is 45.9 Å². The summed E-state index contributed by atoms with van der Waals surface area (Å²) in [7, 11) is -4.31. The van der Waals surface area contributed by atoms with Crippen molar-refractivity contribution in [1.82, 2.24) is 19.3 Å². The molecule has 1 atom stereocenters. The standard InChI is InChI=1S/C15H24BFN4O4S/c1-14(2)15(3,4)25-16(24-14)13(17)8-11-9-21(19-18-11)12-6-7-20(10-12)26(5,22)23/h8-9,12H,6-7,10H2,1-5H3. The van der Waals surface area contributed by atoms with Crippen molar-refractivity contribution in [2.75, 3.05) is 19.3 Å². The Balaban J connectivity index is 1.70. The summed E-state index contributed by atoms with van der Waals surface area (Å²) in [6, 6.07) is -0.112. The summed E-state index contributed by atoms with van der Waals surface area (Å²) < 4.78 is 52.1. The molecule has 1 aromatic rings. The van der Waals surface area contributed by atoms with Crippen LogP contribution >= 0.6 is 0 Å².